The molecule has 0 saturated heterocycles. The van der Waals surface area contributed by atoms with Crippen molar-refractivity contribution in [3.05, 3.63) is 23.1 Å². The molecule has 3 rings (SSSR count). The minimum absolute atomic E-state index is 0.109. The van der Waals surface area contributed by atoms with Gasteiger partial charge in [-0.3, -0.25) is 9.89 Å². The zero-order valence-electron chi connectivity index (χ0n) is 10.9. The number of thiophene rings is 1. The fourth-order valence-electron chi connectivity index (χ4n) is 2.51. The van der Waals surface area contributed by atoms with Gasteiger partial charge in [0.05, 0.1) is 10.6 Å². The van der Waals surface area contributed by atoms with Gasteiger partial charge in [-0.05, 0) is 31.9 Å². The molecule has 19 heavy (non-hydrogen) atoms. The van der Waals surface area contributed by atoms with Crippen LogP contribution in [0.1, 0.15) is 30.6 Å². The number of hydrogen-bond donors (Lipinski definition) is 2. The fraction of sp³-hybridized carbons (Fsp3) is 0.429. The predicted molar refractivity (Wildman–Crippen MR) is 77.2 cm³/mol. The lowest BCUT2D eigenvalue weighted by Gasteiger charge is -2.07. The molecule has 2 heterocycles. The van der Waals surface area contributed by atoms with Crippen LogP contribution in [0, 0.1) is 12.8 Å². The molecule has 0 aromatic carbocycles. The number of amides is 1. The number of rotatable bonds is 3. The van der Waals surface area contributed by atoms with Gasteiger partial charge in [0.15, 0.2) is 5.82 Å². The molecule has 0 atom stereocenters. The second-order valence-electron chi connectivity index (χ2n) is 5.05. The molecule has 1 amide bonds. The molecule has 1 aliphatic carbocycles. The number of anilines is 1. The van der Waals surface area contributed by atoms with Crippen molar-refractivity contribution < 1.29 is 4.79 Å². The lowest BCUT2D eigenvalue weighted by atomic mass is 10.1. The Kier molecular flexibility index (Phi) is 3.38. The zero-order valence-corrected chi connectivity index (χ0v) is 11.7. The highest BCUT2D eigenvalue weighted by atomic mass is 32.1. The van der Waals surface area contributed by atoms with Crippen LogP contribution in [0.5, 0.6) is 0 Å². The average Bonchev–Trinajstić information content (AvgIpc) is 3.07. The highest BCUT2D eigenvalue weighted by molar-refractivity contribution is 7.15. The number of nitrogens with one attached hydrogen (secondary N) is 2. The maximum Gasteiger partial charge on any atom is 0.228 e. The topological polar surface area (TPSA) is 57.8 Å². The Morgan fingerprint density at radius 3 is 2.89 bits per heavy atom. The molecular weight excluding hydrogens is 258 g/mol. The molecule has 4 nitrogen and oxygen atoms in total. The number of aryl methyl sites for hydroxylation is 1. The van der Waals surface area contributed by atoms with E-state index in [1.165, 1.54) is 17.7 Å². The molecular formula is C14H17N3OS. The molecule has 100 valence electrons. The highest BCUT2D eigenvalue weighted by Crippen LogP contribution is 2.29. The monoisotopic (exact) mass is 275 g/mol. The molecule has 2 aromatic rings. The number of nitrogens with zero attached hydrogens (tertiary/aromatic N) is 1. The van der Waals surface area contributed by atoms with E-state index in [2.05, 4.69) is 34.6 Å². The van der Waals surface area contributed by atoms with Crippen LogP contribution in [-0.4, -0.2) is 16.1 Å². The lowest BCUT2D eigenvalue weighted by Crippen LogP contribution is -2.20. The van der Waals surface area contributed by atoms with Gasteiger partial charge in [-0.2, -0.15) is 5.10 Å². The van der Waals surface area contributed by atoms with Crippen molar-refractivity contribution in [3.8, 4) is 10.6 Å². The maximum atomic E-state index is 12.0. The van der Waals surface area contributed by atoms with Gasteiger partial charge in [-0.25, -0.2) is 0 Å². The van der Waals surface area contributed by atoms with Gasteiger partial charge >= 0.3 is 0 Å². The second-order valence-corrected chi connectivity index (χ2v) is 6.34. The van der Waals surface area contributed by atoms with Crippen molar-refractivity contribution in [2.24, 2.45) is 5.92 Å². The van der Waals surface area contributed by atoms with Gasteiger partial charge < -0.3 is 5.32 Å². The third-order valence-electron chi connectivity index (χ3n) is 3.56. The van der Waals surface area contributed by atoms with Gasteiger partial charge in [-0.1, -0.05) is 12.8 Å². The van der Waals surface area contributed by atoms with E-state index < -0.39 is 0 Å². The Morgan fingerprint density at radius 2 is 2.21 bits per heavy atom. The molecule has 0 bridgehead atoms. The van der Waals surface area contributed by atoms with E-state index in [0.29, 0.717) is 5.82 Å². The van der Waals surface area contributed by atoms with Crippen LogP contribution in [0.15, 0.2) is 18.2 Å². The Balaban J connectivity index is 1.69. The summed E-state index contributed by atoms with van der Waals surface area (Å²) in [6.07, 6.45) is 4.34. The Hall–Kier alpha value is -1.62. The van der Waals surface area contributed by atoms with Gasteiger partial charge in [0.25, 0.3) is 0 Å². The van der Waals surface area contributed by atoms with E-state index in [9.17, 15) is 4.79 Å². The van der Waals surface area contributed by atoms with Crippen molar-refractivity contribution in [2.75, 3.05) is 5.32 Å². The Labute approximate surface area is 116 Å². The van der Waals surface area contributed by atoms with Crippen LogP contribution in [0.2, 0.25) is 0 Å². The number of carbonyl (C=O) groups excluding carboxylic acids is 1. The Morgan fingerprint density at radius 1 is 1.42 bits per heavy atom. The summed E-state index contributed by atoms with van der Waals surface area (Å²) >= 11 is 1.71. The van der Waals surface area contributed by atoms with Gasteiger partial charge in [0.1, 0.15) is 0 Å². The van der Waals surface area contributed by atoms with Gasteiger partial charge in [-0.15, -0.1) is 11.3 Å². The first-order chi connectivity index (χ1) is 9.22. The van der Waals surface area contributed by atoms with E-state index in [-0.39, 0.29) is 11.8 Å². The SMILES string of the molecule is Cc1ccc(-c2cc(NC(=O)C3CCCC3)n[nH]2)s1. The van der Waals surface area contributed by atoms with Crippen molar-refractivity contribution >= 4 is 23.1 Å². The largest absolute Gasteiger partial charge is 0.309 e. The summed E-state index contributed by atoms with van der Waals surface area (Å²) in [6, 6.07) is 6.05. The lowest BCUT2D eigenvalue weighted by molar-refractivity contribution is -0.119. The summed E-state index contributed by atoms with van der Waals surface area (Å²) in [6.45, 7) is 2.08. The minimum Gasteiger partial charge on any atom is -0.309 e. The molecule has 5 heteroatoms. The molecule has 1 fully saturated rings. The number of H-pyrrole nitrogens is 1. The summed E-state index contributed by atoms with van der Waals surface area (Å²) in [7, 11) is 0. The first kappa shape index (κ1) is 12.4. The van der Waals surface area contributed by atoms with Gasteiger partial charge in [0, 0.05) is 16.9 Å². The Bertz CT molecular complexity index is 581. The first-order valence-electron chi connectivity index (χ1n) is 6.65. The second kappa shape index (κ2) is 5.17. The van der Waals surface area contributed by atoms with Crippen LogP contribution in [0.25, 0.3) is 10.6 Å². The standard InChI is InChI=1S/C14H17N3OS/c1-9-6-7-12(19-9)11-8-13(17-16-11)15-14(18)10-4-2-3-5-10/h6-8,10H,2-5H2,1H3,(H2,15,16,17,18). The van der Waals surface area contributed by atoms with Crippen molar-refractivity contribution in [3.63, 3.8) is 0 Å². The quantitative estimate of drug-likeness (QED) is 0.899. The molecule has 1 aliphatic rings. The van der Waals surface area contributed by atoms with E-state index >= 15 is 0 Å². The minimum atomic E-state index is 0.109. The van der Waals surface area contributed by atoms with Crippen LogP contribution >= 0.6 is 11.3 Å². The number of carbonyl (C=O) groups is 1. The fourth-order valence-corrected chi connectivity index (χ4v) is 3.34. The van der Waals surface area contributed by atoms with Crippen LogP contribution in [0.3, 0.4) is 0 Å². The molecule has 2 N–H and O–H groups in total. The molecule has 0 aliphatic heterocycles. The molecule has 0 spiro atoms. The van der Waals surface area contributed by atoms with Crippen LogP contribution < -0.4 is 5.32 Å². The number of aromatic nitrogens is 2. The van der Waals surface area contributed by atoms with E-state index in [0.717, 1.165) is 23.4 Å². The average molecular weight is 275 g/mol. The van der Waals surface area contributed by atoms with Crippen molar-refractivity contribution in [1.82, 2.24) is 10.2 Å². The summed E-state index contributed by atoms with van der Waals surface area (Å²) in [5, 5.41) is 10.0. The number of aromatic amines is 1. The van der Waals surface area contributed by atoms with Crippen LogP contribution in [-0.2, 0) is 4.79 Å². The van der Waals surface area contributed by atoms with Crippen molar-refractivity contribution in [2.45, 2.75) is 32.6 Å². The smallest absolute Gasteiger partial charge is 0.228 e. The maximum absolute atomic E-state index is 12.0. The summed E-state index contributed by atoms with van der Waals surface area (Å²) in [5.74, 6) is 0.903. The number of hydrogen-bond acceptors (Lipinski definition) is 3. The van der Waals surface area contributed by atoms with E-state index in [1.54, 1.807) is 11.3 Å². The molecule has 0 unspecified atom stereocenters. The zero-order chi connectivity index (χ0) is 13.2. The highest BCUT2D eigenvalue weighted by Gasteiger charge is 2.23. The third kappa shape index (κ3) is 2.71. The first-order valence-corrected chi connectivity index (χ1v) is 7.47. The van der Waals surface area contributed by atoms with Crippen LogP contribution in [0.4, 0.5) is 5.82 Å². The third-order valence-corrected chi connectivity index (χ3v) is 4.59. The predicted octanol–water partition coefficient (Wildman–Crippen LogP) is 3.58. The van der Waals surface area contributed by atoms with Crippen molar-refractivity contribution in [1.29, 1.82) is 0 Å². The normalized spacial score (nSPS) is 15.8. The molecule has 0 radical (unpaired) electrons. The molecule has 2 aromatic heterocycles. The summed E-state index contributed by atoms with van der Waals surface area (Å²) in [4.78, 5) is 14.4. The van der Waals surface area contributed by atoms with E-state index in [1.807, 2.05) is 6.07 Å². The summed E-state index contributed by atoms with van der Waals surface area (Å²) < 4.78 is 0. The van der Waals surface area contributed by atoms with E-state index in [4.69, 9.17) is 0 Å². The molecule has 1 saturated carbocycles. The van der Waals surface area contributed by atoms with Gasteiger partial charge in [0.2, 0.25) is 5.91 Å². The summed E-state index contributed by atoms with van der Waals surface area (Å²) in [5.41, 5.74) is 0.958.